The highest BCUT2D eigenvalue weighted by Crippen LogP contribution is 0.984. The van der Waals surface area contributed by atoms with Crippen molar-refractivity contribution >= 4 is 0 Å². The van der Waals surface area contributed by atoms with E-state index in [0.717, 1.165) is 0 Å². The van der Waals surface area contributed by atoms with E-state index in [4.69, 9.17) is 0 Å². The molecule has 0 heterocycles. The number of nitrogens with one attached hydrogen (secondary N) is 2. The minimum atomic E-state index is 0. The van der Waals surface area contributed by atoms with Crippen molar-refractivity contribution in [2.24, 2.45) is 0 Å². The van der Waals surface area contributed by atoms with Crippen LogP contribution in [0.1, 0.15) is 0 Å². The van der Waals surface area contributed by atoms with Gasteiger partial charge in [0.15, 0.2) is 0 Å². The average Bonchev–Trinajstić information content (AvgIpc) is 1.39. The minimum absolute atomic E-state index is 0. The van der Waals surface area contributed by atoms with Gasteiger partial charge in [0.25, 0.3) is 0 Å². The Morgan fingerprint density at radius 2 is 0.714 bits per heavy atom. The fourth-order valence-electron chi connectivity index (χ4n) is 0. The van der Waals surface area contributed by atoms with Crippen LogP contribution in [0.5, 0.6) is 0 Å². The molecule has 0 atom stereocenters. The van der Waals surface area contributed by atoms with Gasteiger partial charge in [-0.3, -0.25) is 0 Å². The van der Waals surface area contributed by atoms with E-state index in [1.165, 1.54) is 0 Å². The van der Waals surface area contributed by atoms with Gasteiger partial charge in [-0.05, 0) is 28.2 Å². The molecule has 0 spiro atoms. The first kappa shape index (κ1) is 15.8. The van der Waals surface area contributed by atoms with E-state index in [-0.39, 0.29) is 5.48 Å². The third-order valence-electron chi connectivity index (χ3n) is 0. The Bertz CT molecular complexity index is 11.7. The van der Waals surface area contributed by atoms with Gasteiger partial charge in [-0.25, -0.2) is 0 Å². The molecule has 0 radical (unpaired) electrons. The van der Waals surface area contributed by atoms with Crippen LogP contribution in [0.2, 0.25) is 0 Å². The van der Waals surface area contributed by atoms with E-state index < -0.39 is 0 Å². The van der Waals surface area contributed by atoms with Crippen molar-refractivity contribution in [2.45, 2.75) is 0 Å². The molecule has 7 heavy (non-hydrogen) atoms. The lowest BCUT2D eigenvalue weighted by atomic mass is 11.3. The first-order valence-corrected chi connectivity index (χ1v) is 2.00. The maximum Gasteiger partial charge on any atom is -0.0167 e. The molecule has 0 fully saturated rings. The topological polar surface area (TPSA) is 55.6 Å². The van der Waals surface area contributed by atoms with Crippen LogP contribution in [0.3, 0.4) is 0 Å². The van der Waals surface area contributed by atoms with Gasteiger partial charge in [-0.1, -0.05) is 0 Å². The van der Waals surface area contributed by atoms with E-state index in [9.17, 15) is 0 Å². The molecule has 0 aliphatic carbocycles. The van der Waals surface area contributed by atoms with E-state index in [0.29, 0.717) is 0 Å². The van der Waals surface area contributed by atoms with Gasteiger partial charge in [-0.2, -0.15) is 0 Å². The summed E-state index contributed by atoms with van der Waals surface area (Å²) in [5.74, 6) is 0. The fourth-order valence-corrected chi connectivity index (χ4v) is 0. The highest BCUT2D eigenvalue weighted by atomic mass is 16.0. The Morgan fingerprint density at radius 1 is 0.714 bits per heavy atom. The highest BCUT2D eigenvalue weighted by molar-refractivity contribution is 3.91. The van der Waals surface area contributed by atoms with Crippen molar-refractivity contribution in [3.63, 3.8) is 0 Å². The smallest absolute Gasteiger partial charge is 0.0167 e. The monoisotopic (exact) mass is 108 g/mol. The van der Waals surface area contributed by atoms with Gasteiger partial charge in [0.05, 0.1) is 0 Å². The fraction of sp³-hybridized carbons (Fsp3) is 1.00. The summed E-state index contributed by atoms with van der Waals surface area (Å²) in [5.41, 5.74) is 0. The van der Waals surface area contributed by atoms with Gasteiger partial charge in [0.1, 0.15) is 0 Å². The van der Waals surface area contributed by atoms with Crippen LogP contribution in [-0.4, -0.2) is 33.7 Å². The van der Waals surface area contributed by atoms with Crippen LogP contribution in [0.25, 0.3) is 0 Å². The zero-order valence-corrected chi connectivity index (χ0v) is 5.50. The largest absolute Gasteiger partial charge is 0.412 e. The van der Waals surface area contributed by atoms with Crippen molar-refractivity contribution in [1.82, 2.24) is 10.6 Å². The molecule has 4 N–H and O–H groups in total. The number of hydrogen-bond donors (Lipinski definition) is 2. The Balaban J connectivity index is -0.0000000400. The van der Waals surface area contributed by atoms with Crippen molar-refractivity contribution in [2.75, 3.05) is 28.2 Å². The van der Waals surface area contributed by atoms with Gasteiger partial charge < -0.3 is 16.1 Å². The van der Waals surface area contributed by atoms with Gasteiger partial charge >= 0.3 is 0 Å². The van der Waals surface area contributed by atoms with E-state index in [1.807, 2.05) is 28.2 Å². The van der Waals surface area contributed by atoms with E-state index >= 15 is 0 Å². The predicted octanol–water partition coefficient (Wildman–Crippen LogP) is -1.15. The van der Waals surface area contributed by atoms with Crippen molar-refractivity contribution in [1.29, 1.82) is 0 Å². The lowest BCUT2D eigenvalue weighted by Gasteiger charge is -1.59. The lowest BCUT2D eigenvalue weighted by molar-refractivity contribution is 0.824. The summed E-state index contributed by atoms with van der Waals surface area (Å²) in [5, 5.41) is 5.50. The third kappa shape index (κ3) is 6150. The zero-order chi connectivity index (χ0) is 5.41. The Labute approximate surface area is 45.4 Å². The molecule has 3 nitrogen and oxygen atoms in total. The number of rotatable bonds is 0. The maximum absolute atomic E-state index is 2.75. The molecule has 0 unspecified atom stereocenters. The van der Waals surface area contributed by atoms with E-state index in [1.54, 1.807) is 0 Å². The second-order valence-electron chi connectivity index (χ2n) is 1.00. The molecule has 0 aliphatic heterocycles. The predicted molar refractivity (Wildman–Crippen MR) is 33.6 cm³/mol. The molecule has 0 saturated carbocycles. The number of hydrogen-bond acceptors (Lipinski definition) is 2. The Kier molecular flexibility index (Phi) is 89.4. The summed E-state index contributed by atoms with van der Waals surface area (Å²) in [7, 11) is 7.50. The third-order valence-corrected chi connectivity index (χ3v) is 0. The molecule has 0 aliphatic rings. The van der Waals surface area contributed by atoms with Gasteiger partial charge in [0, 0.05) is 0 Å². The van der Waals surface area contributed by atoms with Crippen molar-refractivity contribution in [3.8, 4) is 0 Å². The normalized spacial score (nSPS) is 5.14. The molecule has 0 amide bonds. The van der Waals surface area contributed by atoms with Crippen LogP contribution in [0, 0.1) is 0 Å². The maximum atomic E-state index is 2.75. The van der Waals surface area contributed by atoms with Crippen LogP contribution < -0.4 is 10.6 Å². The Morgan fingerprint density at radius 3 is 0.714 bits per heavy atom. The summed E-state index contributed by atoms with van der Waals surface area (Å²) in [6.07, 6.45) is 0. The van der Waals surface area contributed by atoms with Crippen LogP contribution in [0.4, 0.5) is 0 Å². The summed E-state index contributed by atoms with van der Waals surface area (Å²) >= 11 is 0. The summed E-state index contributed by atoms with van der Waals surface area (Å²) in [6.45, 7) is 0. The second-order valence-corrected chi connectivity index (χ2v) is 1.00. The zero-order valence-electron chi connectivity index (χ0n) is 5.50. The molecule has 0 aromatic heterocycles. The summed E-state index contributed by atoms with van der Waals surface area (Å²) < 4.78 is 0. The van der Waals surface area contributed by atoms with Gasteiger partial charge in [-0.15, -0.1) is 0 Å². The quantitative estimate of drug-likeness (QED) is 0.411. The molecule has 3 heteroatoms. The minimum Gasteiger partial charge on any atom is -0.412 e. The first-order chi connectivity index (χ1) is 2.83. The average molecular weight is 108 g/mol. The standard InChI is InChI=1S/2C2H7N.H2O/c2*1-3-2;/h2*3H,1-2H3;1H2. The lowest BCUT2D eigenvalue weighted by Crippen LogP contribution is -1.89. The van der Waals surface area contributed by atoms with Crippen LogP contribution in [-0.2, 0) is 0 Å². The van der Waals surface area contributed by atoms with E-state index in [2.05, 4.69) is 10.6 Å². The summed E-state index contributed by atoms with van der Waals surface area (Å²) in [6, 6.07) is 0. The summed E-state index contributed by atoms with van der Waals surface area (Å²) in [4.78, 5) is 0. The first-order valence-electron chi connectivity index (χ1n) is 2.00. The molecular formula is C4H16N2O. The SMILES string of the molecule is CNC.CNC.O. The molecule has 0 saturated heterocycles. The van der Waals surface area contributed by atoms with Crippen molar-refractivity contribution in [3.05, 3.63) is 0 Å². The van der Waals surface area contributed by atoms with Gasteiger partial charge in [0.2, 0.25) is 0 Å². The highest BCUT2D eigenvalue weighted by Gasteiger charge is 1.26. The molecule has 0 bridgehead atoms. The molecule has 48 valence electrons. The Hall–Kier alpha value is -0.120. The molecule has 0 aromatic rings. The molecule has 0 aromatic carbocycles. The molecular weight excluding hydrogens is 92.1 g/mol. The van der Waals surface area contributed by atoms with Crippen molar-refractivity contribution < 1.29 is 5.48 Å². The van der Waals surface area contributed by atoms with Crippen LogP contribution >= 0.6 is 0 Å². The second kappa shape index (κ2) is 39.6. The van der Waals surface area contributed by atoms with Crippen LogP contribution in [0.15, 0.2) is 0 Å². The molecule has 0 rings (SSSR count).